The third-order valence-electron chi connectivity index (χ3n) is 4.98. The molecule has 3 N–H and O–H groups in total. The van der Waals surface area contributed by atoms with E-state index in [4.69, 9.17) is 38.4 Å². The summed E-state index contributed by atoms with van der Waals surface area (Å²) in [5, 5.41) is 20.6. The van der Waals surface area contributed by atoms with Crippen molar-refractivity contribution in [3.8, 4) is 12.1 Å². The van der Waals surface area contributed by atoms with Crippen LogP contribution in [0.1, 0.15) is 11.5 Å². The molecule has 1 aliphatic carbocycles. The van der Waals surface area contributed by atoms with Gasteiger partial charge in [-0.2, -0.15) is 10.5 Å². The second-order valence-electron chi connectivity index (χ2n) is 5.76. The minimum absolute atomic E-state index is 0.143. The van der Waals surface area contributed by atoms with Crippen molar-refractivity contribution in [3.63, 3.8) is 0 Å². The van der Waals surface area contributed by atoms with E-state index in [1.54, 1.807) is 18.2 Å². The predicted octanol–water partition coefficient (Wildman–Crippen LogP) is 0.263. The van der Waals surface area contributed by atoms with Crippen LogP contribution in [0.5, 0.6) is 0 Å². The summed E-state index contributed by atoms with van der Waals surface area (Å²) in [6, 6.07) is 9.44. The van der Waals surface area contributed by atoms with Gasteiger partial charge in [0, 0.05) is 10.0 Å². The lowest BCUT2D eigenvalue weighted by Gasteiger charge is -2.23. The molecule has 0 bridgehead atoms. The molecule has 0 aromatic heterocycles. The van der Waals surface area contributed by atoms with Crippen molar-refractivity contribution in [1.29, 1.82) is 10.5 Å². The van der Waals surface area contributed by atoms with Gasteiger partial charge in [0.15, 0.2) is 10.8 Å². The Labute approximate surface area is 142 Å². The lowest BCUT2D eigenvalue weighted by molar-refractivity contribution is -0.676. The van der Waals surface area contributed by atoms with Crippen LogP contribution >= 0.6 is 23.2 Å². The van der Waals surface area contributed by atoms with E-state index < -0.39 is 22.7 Å². The smallest absolute Gasteiger partial charge is 0.311 e. The highest BCUT2D eigenvalue weighted by Gasteiger charge is 2.98. The first-order valence-electron chi connectivity index (χ1n) is 6.96. The summed E-state index contributed by atoms with van der Waals surface area (Å²) in [6.07, 6.45) is 0. The van der Waals surface area contributed by atoms with Gasteiger partial charge in [0.25, 0.3) is 5.84 Å². The van der Waals surface area contributed by atoms with Gasteiger partial charge in [-0.3, -0.25) is 5.73 Å². The highest BCUT2D eigenvalue weighted by atomic mass is 35.5. The van der Waals surface area contributed by atoms with Gasteiger partial charge in [-0.05, 0) is 17.7 Å². The molecule has 3 aliphatic rings. The van der Waals surface area contributed by atoms with Crippen LogP contribution in [0.4, 0.5) is 0 Å². The van der Waals surface area contributed by atoms with Crippen LogP contribution in [-0.2, 0) is 9.47 Å². The highest BCUT2D eigenvalue weighted by Crippen LogP contribution is 2.80. The molecule has 8 heteroatoms. The summed E-state index contributed by atoms with van der Waals surface area (Å²) in [5.74, 6) is -1.94. The molecule has 1 aromatic rings. The SMILES string of the molecule is N#C[C@@]12C(N)=[NH+]C3(OCCO3)[C@]1(C#N)[C@@H]2c1c(Cl)cccc1Cl. The molecule has 2 heterocycles. The molecule has 4 rings (SSSR count). The van der Waals surface area contributed by atoms with E-state index in [-0.39, 0.29) is 5.84 Å². The number of hydrogen-bond acceptors (Lipinski definition) is 5. The fourth-order valence-electron chi connectivity index (χ4n) is 4.04. The Balaban J connectivity index is 2.00. The van der Waals surface area contributed by atoms with Crippen molar-refractivity contribution in [2.24, 2.45) is 16.6 Å². The molecule has 2 aliphatic heterocycles. The third-order valence-corrected chi connectivity index (χ3v) is 5.64. The van der Waals surface area contributed by atoms with Crippen molar-refractivity contribution < 1.29 is 14.5 Å². The molecule has 3 atom stereocenters. The Bertz CT molecular complexity index is 817. The van der Waals surface area contributed by atoms with Crippen LogP contribution in [0.25, 0.3) is 0 Å². The number of ether oxygens (including phenoxy) is 2. The molecule has 0 radical (unpaired) electrons. The van der Waals surface area contributed by atoms with E-state index in [1.165, 1.54) is 0 Å². The maximum atomic E-state index is 9.96. The topological polar surface area (TPSA) is 106 Å². The second-order valence-corrected chi connectivity index (χ2v) is 6.57. The van der Waals surface area contributed by atoms with Gasteiger partial charge >= 0.3 is 5.91 Å². The summed E-state index contributed by atoms with van der Waals surface area (Å²) in [5.41, 5.74) is 3.96. The average Bonchev–Trinajstić information content (AvgIpc) is 2.77. The Hall–Kier alpha value is -1.83. The van der Waals surface area contributed by atoms with Crippen LogP contribution in [0.2, 0.25) is 10.0 Å². The molecular weight excluding hydrogens is 339 g/mol. The summed E-state index contributed by atoms with van der Waals surface area (Å²) in [6.45, 7) is 0.600. The van der Waals surface area contributed by atoms with E-state index in [1.807, 2.05) is 0 Å². The number of halogens is 2. The second kappa shape index (κ2) is 4.37. The van der Waals surface area contributed by atoms with Crippen molar-refractivity contribution in [1.82, 2.24) is 0 Å². The van der Waals surface area contributed by atoms with Crippen LogP contribution < -0.4 is 10.7 Å². The van der Waals surface area contributed by atoms with Gasteiger partial charge in [0.05, 0.1) is 31.3 Å². The van der Waals surface area contributed by atoms with Crippen molar-refractivity contribution in [3.05, 3.63) is 33.8 Å². The largest absolute Gasteiger partial charge is 0.343 e. The highest BCUT2D eigenvalue weighted by molar-refractivity contribution is 6.36. The molecule has 2 fully saturated rings. The molecule has 0 amide bonds. The van der Waals surface area contributed by atoms with E-state index in [2.05, 4.69) is 17.1 Å². The monoisotopic (exact) mass is 349 g/mol. The lowest BCUT2D eigenvalue weighted by Crippen LogP contribution is -2.89. The van der Waals surface area contributed by atoms with Crippen LogP contribution in [0, 0.1) is 33.5 Å². The number of nitrogens with zero attached hydrogens (tertiary/aromatic N) is 2. The van der Waals surface area contributed by atoms with Gasteiger partial charge < -0.3 is 9.47 Å². The lowest BCUT2D eigenvalue weighted by atomic mass is 9.94. The zero-order valence-corrected chi connectivity index (χ0v) is 13.3. The zero-order chi connectivity index (χ0) is 16.5. The fraction of sp³-hybridized carbons (Fsp3) is 0.400. The minimum atomic E-state index is -1.45. The first-order chi connectivity index (χ1) is 11.0. The van der Waals surface area contributed by atoms with Crippen molar-refractivity contribution in [2.45, 2.75) is 11.8 Å². The summed E-state index contributed by atoms with van der Waals surface area (Å²) >= 11 is 12.6. The number of nitrogens with two attached hydrogens (primary N) is 1. The van der Waals surface area contributed by atoms with Gasteiger partial charge in [-0.15, -0.1) is 0 Å². The van der Waals surface area contributed by atoms with Gasteiger partial charge in [0.2, 0.25) is 0 Å². The van der Waals surface area contributed by atoms with Crippen molar-refractivity contribution in [2.75, 3.05) is 13.2 Å². The third kappa shape index (κ3) is 1.35. The van der Waals surface area contributed by atoms with E-state index in [9.17, 15) is 10.5 Å². The Morgan fingerprint density at radius 3 is 2.30 bits per heavy atom. The Morgan fingerprint density at radius 2 is 1.78 bits per heavy atom. The number of benzene rings is 1. The molecule has 23 heavy (non-hydrogen) atoms. The standard InChI is InChI=1S/C15H10Cl2N4O2/c16-8-2-1-3-9(17)10(8)11-13(6-18)12(20)21-15(14(11,13)7-19)22-4-5-23-15/h1-3,11H,4-5H2,(H2,20,21)/p+1/t11-,13-,14-/m1/s1. The quantitative estimate of drug-likeness (QED) is 0.756. The average molecular weight is 350 g/mol. The number of amidine groups is 1. The number of fused-ring (bicyclic) bond motifs is 2. The number of nitriles is 2. The number of hydrogen-bond donors (Lipinski definition) is 2. The predicted molar refractivity (Wildman–Crippen MR) is 80.1 cm³/mol. The molecule has 1 saturated carbocycles. The van der Waals surface area contributed by atoms with Gasteiger partial charge in [-0.1, -0.05) is 29.3 Å². The normalized spacial score (nSPS) is 36.2. The fourth-order valence-corrected chi connectivity index (χ4v) is 4.65. The first-order valence-corrected chi connectivity index (χ1v) is 7.72. The van der Waals surface area contributed by atoms with Gasteiger partial charge in [0.1, 0.15) is 0 Å². The number of nitrogens with one attached hydrogen (secondary N) is 1. The molecule has 6 nitrogen and oxygen atoms in total. The van der Waals surface area contributed by atoms with Crippen LogP contribution in [-0.4, -0.2) is 25.0 Å². The molecule has 1 spiro atoms. The van der Waals surface area contributed by atoms with Crippen LogP contribution in [0.3, 0.4) is 0 Å². The first kappa shape index (κ1) is 14.7. The molecule has 0 unspecified atom stereocenters. The zero-order valence-electron chi connectivity index (χ0n) is 11.8. The molecule has 116 valence electrons. The maximum Gasteiger partial charge on any atom is 0.343 e. The molecule has 1 aromatic carbocycles. The summed E-state index contributed by atoms with van der Waals surface area (Å²) in [4.78, 5) is 2.87. The number of rotatable bonds is 1. The molecular formula is C15H11Cl2N4O2+. The van der Waals surface area contributed by atoms with Crippen molar-refractivity contribution >= 4 is 29.0 Å². The maximum absolute atomic E-state index is 9.96. The summed E-state index contributed by atoms with van der Waals surface area (Å²) in [7, 11) is 0. The molecule has 1 saturated heterocycles. The Kier molecular flexibility index (Phi) is 2.80. The Morgan fingerprint density at radius 1 is 1.17 bits per heavy atom. The minimum Gasteiger partial charge on any atom is -0.311 e. The van der Waals surface area contributed by atoms with Crippen LogP contribution in [0.15, 0.2) is 18.2 Å². The van der Waals surface area contributed by atoms with E-state index >= 15 is 0 Å². The summed E-state index contributed by atoms with van der Waals surface area (Å²) < 4.78 is 11.4. The van der Waals surface area contributed by atoms with E-state index in [0.717, 1.165) is 0 Å². The van der Waals surface area contributed by atoms with Gasteiger partial charge in [-0.25, -0.2) is 4.99 Å². The van der Waals surface area contributed by atoms with E-state index in [0.29, 0.717) is 28.8 Å².